The molecule has 12 heavy (non-hydrogen) atoms. The minimum absolute atomic E-state index is 0.299. The van der Waals surface area contributed by atoms with Crippen molar-refractivity contribution in [1.29, 1.82) is 0 Å². The molecule has 0 aliphatic carbocycles. The van der Waals surface area contributed by atoms with Gasteiger partial charge < -0.3 is 5.11 Å². The van der Waals surface area contributed by atoms with Crippen molar-refractivity contribution < 1.29 is 9.50 Å². The number of rotatable bonds is 3. The first-order chi connectivity index (χ1) is 5.73. The Bertz CT molecular complexity index is 229. The number of aliphatic hydroxyl groups is 1. The Hall–Kier alpha value is -0.890. The minimum atomic E-state index is -1.57. The summed E-state index contributed by atoms with van der Waals surface area (Å²) in [6.45, 7) is 1.27. The topological polar surface area (TPSA) is 20.2 Å². The molecular formula is C10H13FO. The summed E-state index contributed by atoms with van der Waals surface area (Å²) in [5, 5.41) is 8.86. The molecule has 0 unspecified atom stereocenters. The quantitative estimate of drug-likeness (QED) is 0.734. The number of benzene rings is 1. The summed E-state index contributed by atoms with van der Waals surface area (Å²) in [5.41, 5.74) is -1.02. The molecule has 2 heteroatoms. The molecule has 1 rings (SSSR count). The normalized spacial score (nSPS) is 15.6. The smallest absolute Gasteiger partial charge is 0.158 e. The Morgan fingerprint density at radius 3 is 2.33 bits per heavy atom. The minimum Gasteiger partial charge on any atom is -0.393 e. The molecule has 0 aromatic heterocycles. The molecular weight excluding hydrogens is 155 g/mol. The van der Waals surface area contributed by atoms with Crippen molar-refractivity contribution in [3.63, 3.8) is 0 Å². The summed E-state index contributed by atoms with van der Waals surface area (Å²) in [6.07, 6.45) is 0.299. The average Bonchev–Trinajstić information content (AvgIpc) is 2.18. The van der Waals surface area contributed by atoms with Gasteiger partial charge in [-0.1, -0.05) is 37.3 Å². The van der Waals surface area contributed by atoms with E-state index in [4.69, 9.17) is 5.11 Å². The van der Waals surface area contributed by atoms with Crippen LogP contribution in [0.25, 0.3) is 0 Å². The third kappa shape index (κ3) is 1.64. The lowest BCUT2D eigenvalue weighted by molar-refractivity contribution is 0.0649. The second kappa shape index (κ2) is 3.68. The van der Waals surface area contributed by atoms with Crippen LogP contribution < -0.4 is 0 Å². The van der Waals surface area contributed by atoms with Gasteiger partial charge in [0.1, 0.15) is 0 Å². The number of alkyl halides is 1. The van der Waals surface area contributed by atoms with E-state index in [9.17, 15) is 4.39 Å². The zero-order chi connectivity index (χ0) is 9.03. The molecule has 0 heterocycles. The van der Waals surface area contributed by atoms with E-state index in [1.54, 1.807) is 31.2 Å². The van der Waals surface area contributed by atoms with Crippen molar-refractivity contribution in [3.05, 3.63) is 35.9 Å². The lowest BCUT2D eigenvalue weighted by atomic mass is 9.94. The van der Waals surface area contributed by atoms with Gasteiger partial charge >= 0.3 is 0 Å². The summed E-state index contributed by atoms with van der Waals surface area (Å²) in [4.78, 5) is 0. The molecule has 0 fully saturated rings. The van der Waals surface area contributed by atoms with Gasteiger partial charge in [-0.2, -0.15) is 0 Å². The number of aliphatic hydroxyl groups excluding tert-OH is 1. The Balaban J connectivity index is 2.95. The van der Waals surface area contributed by atoms with Gasteiger partial charge in [-0.3, -0.25) is 0 Å². The van der Waals surface area contributed by atoms with Crippen LogP contribution in [0.5, 0.6) is 0 Å². The van der Waals surface area contributed by atoms with Crippen LogP contribution in [0.2, 0.25) is 0 Å². The molecule has 1 atom stereocenters. The maximum atomic E-state index is 13.7. The maximum absolute atomic E-state index is 13.7. The zero-order valence-corrected chi connectivity index (χ0v) is 7.13. The fourth-order valence-corrected chi connectivity index (χ4v) is 1.14. The maximum Gasteiger partial charge on any atom is 0.158 e. The Labute approximate surface area is 71.9 Å². The van der Waals surface area contributed by atoms with Crippen molar-refractivity contribution >= 4 is 0 Å². The van der Waals surface area contributed by atoms with Crippen LogP contribution in [0.15, 0.2) is 30.3 Å². The third-order valence-electron chi connectivity index (χ3n) is 2.10. The summed E-state index contributed by atoms with van der Waals surface area (Å²) in [7, 11) is 0. The highest BCUT2D eigenvalue weighted by atomic mass is 19.1. The van der Waals surface area contributed by atoms with Crippen molar-refractivity contribution in [3.8, 4) is 0 Å². The highest BCUT2D eigenvalue weighted by Gasteiger charge is 2.28. The van der Waals surface area contributed by atoms with Crippen LogP contribution in [0, 0.1) is 0 Å². The molecule has 1 aromatic rings. The number of hydrogen-bond acceptors (Lipinski definition) is 1. The van der Waals surface area contributed by atoms with Gasteiger partial charge in [0, 0.05) is 0 Å². The van der Waals surface area contributed by atoms with E-state index in [1.807, 2.05) is 6.07 Å². The van der Waals surface area contributed by atoms with Gasteiger partial charge in [0.2, 0.25) is 0 Å². The zero-order valence-electron chi connectivity index (χ0n) is 7.13. The molecule has 66 valence electrons. The molecule has 0 saturated carbocycles. The molecule has 1 aromatic carbocycles. The van der Waals surface area contributed by atoms with E-state index in [1.165, 1.54) is 0 Å². The molecule has 0 spiro atoms. The van der Waals surface area contributed by atoms with Crippen molar-refractivity contribution in [2.24, 2.45) is 0 Å². The largest absolute Gasteiger partial charge is 0.393 e. The summed E-state index contributed by atoms with van der Waals surface area (Å²) >= 11 is 0. The SMILES string of the molecule is CC[C@@](F)(CO)c1ccccc1. The fourth-order valence-electron chi connectivity index (χ4n) is 1.14. The van der Waals surface area contributed by atoms with E-state index >= 15 is 0 Å². The lowest BCUT2D eigenvalue weighted by Gasteiger charge is -2.21. The predicted octanol–water partition coefficient (Wildman–Crippen LogP) is 2.25. The highest BCUT2D eigenvalue weighted by Crippen LogP contribution is 2.28. The molecule has 1 N–H and O–H groups in total. The molecule has 0 aliphatic rings. The van der Waals surface area contributed by atoms with Gasteiger partial charge in [-0.05, 0) is 12.0 Å². The van der Waals surface area contributed by atoms with Crippen LogP contribution in [-0.4, -0.2) is 11.7 Å². The van der Waals surface area contributed by atoms with E-state index < -0.39 is 12.3 Å². The first kappa shape index (κ1) is 9.20. The number of hydrogen-bond donors (Lipinski definition) is 1. The predicted molar refractivity (Wildman–Crippen MR) is 46.6 cm³/mol. The second-order valence-electron chi connectivity index (χ2n) is 2.84. The summed E-state index contributed by atoms with van der Waals surface area (Å²) < 4.78 is 13.7. The number of halogens is 1. The van der Waals surface area contributed by atoms with Gasteiger partial charge in [-0.25, -0.2) is 4.39 Å². The molecule has 0 amide bonds. The van der Waals surface area contributed by atoms with Crippen LogP contribution in [0.1, 0.15) is 18.9 Å². The molecule has 0 bridgehead atoms. The molecule has 1 nitrogen and oxygen atoms in total. The van der Waals surface area contributed by atoms with Crippen LogP contribution in [-0.2, 0) is 5.67 Å². The van der Waals surface area contributed by atoms with Crippen molar-refractivity contribution in [2.75, 3.05) is 6.61 Å². The average molecular weight is 168 g/mol. The first-order valence-electron chi connectivity index (χ1n) is 4.08. The second-order valence-corrected chi connectivity index (χ2v) is 2.84. The van der Waals surface area contributed by atoms with E-state index in [0.29, 0.717) is 12.0 Å². The lowest BCUT2D eigenvalue weighted by Crippen LogP contribution is -2.23. The van der Waals surface area contributed by atoms with Crippen LogP contribution >= 0.6 is 0 Å². The van der Waals surface area contributed by atoms with E-state index in [-0.39, 0.29) is 0 Å². The Kier molecular flexibility index (Phi) is 2.82. The summed E-state index contributed by atoms with van der Waals surface area (Å²) in [6, 6.07) is 8.76. The van der Waals surface area contributed by atoms with Crippen molar-refractivity contribution in [1.82, 2.24) is 0 Å². The molecule has 0 saturated heterocycles. The third-order valence-corrected chi connectivity index (χ3v) is 2.10. The Morgan fingerprint density at radius 1 is 1.33 bits per heavy atom. The fraction of sp³-hybridized carbons (Fsp3) is 0.400. The van der Waals surface area contributed by atoms with Crippen LogP contribution in [0.3, 0.4) is 0 Å². The monoisotopic (exact) mass is 168 g/mol. The van der Waals surface area contributed by atoms with Gasteiger partial charge in [0.05, 0.1) is 6.61 Å². The Morgan fingerprint density at radius 2 is 1.92 bits per heavy atom. The summed E-state index contributed by atoms with van der Waals surface area (Å²) in [5.74, 6) is 0. The van der Waals surface area contributed by atoms with Gasteiger partial charge in [0.25, 0.3) is 0 Å². The molecule has 0 radical (unpaired) electrons. The van der Waals surface area contributed by atoms with E-state index in [0.717, 1.165) is 0 Å². The van der Waals surface area contributed by atoms with Crippen LogP contribution in [0.4, 0.5) is 4.39 Å². The highest BCUT2D eigenvalue weighted by molar-refractivity contribution is 5.22. The standard InChI is InChI=1S/C10H13FO/c1-2-10(11,8-12)9-6-4-3-5-7-9/h3-7,12H,2,8H2,1H3/t10-/m1/s1. The van der Waals surface area contributed by atoms with Gasteiger partial charge in [0.15, 0.2) is 5.67 Å². The molecule has 0 aliphatic heterocycles. The van der Waals surface area contributed by atoms with Crippen molar-refractivity contribution in [2.45, 2.75) is 19.0 Å². The van der Waals surface area contributed by atoms with Gasteiger partial charge in [-0.15, -0.1) is 0 Å². The van der Waals surface area contributed by atoms with E-state index in [2.05, 4.69) is 0 Å². The first-order valence-corrected chi connectivity index (χ1v) is 4.08.